The quantitative estimate of drug-likeness (QED) is 0.818. The fourth-order valence-electron chi connectivity index (χ4n) is 1.36. The van der Waals surface area contributed by atoms with Crippen molar-refractivity contribution in [3.8, 4) is 5.75 Å². The first-order chi connectivity index (χ1) is 8.19. The van der Waals surface area contributed by atoms with Crippen molar-refractivity contribution in [1.29, 1.82) is 0 Å². The molecule has 1 aromatic carbocycles. The van der Waals surface area contributed by atoms with E-state index in [1.807, 2.05) is 13.8 Å². The zero-order valence-electron chi connectivity index (χ0n) is 9.74. The maximum atomic E-state index is 13.0. The summed E-state index contributed by atoms with van der Waals surface area (Å²) in [5.74, 6) is 1.19. The highest BCUT2D eigenvalue weighted by atomic mass is 19.1. The lowest BCUT2D eigenvalue weighted by molar-refractivity contribution is 0.240. The maximum Gasteiger partial charge on any atom is 0.264 e. The molecule has 1 aromatic heterocycles. The van der Waals surface area contributed by atoms with Gasteiger partial charge in [0.2, 0.25) is 0 Å². The molecule has 2 rings (SSSR count). The number of nitrogens with zero attached hydrogens (tertiary/aromatic N) is 2. The van der Waals surface area contributed by atoms with Crippen LogP contribution in [0.15, 0.2) is 22.7 Å². The van der Waals surface area contributed by atoms with Crippen molar-refractivity contribution < 1.29 is 13.7 Å². The van der Waals surface area contributed by atoms with Gasteiger partial charge < -0.3 is 9.26 Å². The molecule has 0 spiro atoms. The predicted octanol–water partition coefficient (Wildman–Crippen LogP) is 2.66. The van der Waals surface area contributed by atoms with E-state index in [2.05, 4.69) is 10.1 Å². The predicted molar refractivity (Wildman–Crippen MR) is 59.1 cm³/mol. The van der Waals surface area contributed by atoms with Crippen LogP contribution in [-0.4, -0.2) is 10.1 Å². The summed E-state index contributed by atoms with van der Waals surface area (Å²) in [5, 5.41) is 3.75. The number of rotatable bonds is 4. The highest BCUT2D eigenvalue weighted by Crippen LogP contribution is 2.19. The van der Waals surface area contributed by atoms with Crippen molar-refractivity contribution in [1.82, 2.24) is 10.1 Å². The summed E-state index contributed by atoms with van der Waals surface area (Å²) in [6.45, 7) is 3.93. The largest absolute Gasteiger partial charge is 0.483 e. The molecular weight excluding hydrogens is 223 g/mol. The molecule has 0 atom stereocenters. The van der Waals surface area contributed by atoms with E-state index in [-0.39, 0.29) is 12.4 Å². The van der Waals surface area contributed by atoms with E-state index in [4.69, 9.17) is 9.26 Å². The fraction of sp³-hybridized carbons (Fsp3) is 0.333. The first kappa shape index (κ1) is 11.6. The second kappa shape index (κ2) is 4.95. The van der Waals surface area contributed by atoms with E-state index >= 15 is 0 Å². The van der Waals surface area contributed by atoms with Crippen LogP contribution in [0.4, 0.5) is 4.39 Å². The van der Waals surface area contributed by atoms with Crippen LogP contribution in [-0.2, 0) is 13.0 Å². The van der Waals surface area contributed by atoms with Crippen molar-refractivity contribution in [2.24, 2.45) is 0 Å². The molecule has 0 amide bonds. The number of halogens is 1. The van der Waals surface area contributed by atoms with Gasteiger partial charge in [0.05, 0.1) is 0 Å². The van der Waals surface area contributed by atoms with Gasteiger partial charge in [-0.1, -0.05) is 18.1 Å². The van der Waals surface area contributed by atoms with E-state index in [0.717, 1.165) is 5.56 Å². The van der Waals surface area contributed by atoms with Crippen LogP contribution >= 0.6 is 0 Å². The van der Waals surface area contributed by atoms with Crippen LogP contribution in [0.25, 0.3) is 0 Å². The topological polar surface area (TPSA) is 48.2 Å². The Hall–Kier alpha value is -1.91. The second-order valence-electron chi connectivity index (χ2n) is 3.66. The lowest BCUT2D eigenvalue weighted by Gasteiger charge is -2.06. The molecule has 0 radical (unpaired) electrons. The SMILES string of the molecule is CCc1noc(COc2cc(F)ccc2C)n1. The normalized spacial score (nSPS) is 10.5. The first-order valence-electron chi connectivity index (χ1n) is 5.39. The zero-order valence-corrected chi connectivity index (χ0v) is 9.74. The molecule has 17 heavy (non-hydrogen) atoms. The van der Waals surface area contributed by atoms with Gasteiger partial charge in [0, 0.05) is 12.5 Å². The molecule has 0 bridgehead atoms. The zero-order chi connectivity index (χ0) is 12.3. The van der Waals surface area contributed by atoms with Gasteiger partial charge >= 0.3 is 0 Å². The highest BCUT2D eigenvalue weighted by molar-refractivity contribution is 5.32. The van der Waals surface area contributed by atoms with Crippen molar-refractivity contribution in [3.05, 3.63) is 41.3 Å². The van der Waals surface area contributed by atoms with Crippen LogP contribution in [0, 0.1) is 12.7 Å². The van der Waals surface area contributed by atoms with Crippen LogP contribution in [0.3, 0.4) is 0 Å². The van der Waals surface area contributed by atoms with Gasteiger partial charge in [-0.2, -0.15) is 4.98 Å². The molecule has 0 saturated heterocycles. The molecule has 0 saturated carbocycles. The summed E-state index contributed by atoms with van der Waals surface area (Å²) in [7, 11) is 0. The number of benzene rings is 1. The van der Waals surface area contributed by atoms with Crippen LogP contribution in [0.1, 0.15) is 24.2 Å². The van der Waals surface area contributed by atoms with Crippen LogP contribution in [0.2, 0.25) is 0 Å². The van der Waals surface area contributed by atoms with Crippen molar-refractivity contribution in [3.63, 3.8) is 0 Å². The lowest BCUT2D eigenvalue weighted by Crippen LogP contribution is -1.98. The summed E-state index contributed by atoms with van der Waals surface area (Å²) >= 11 is 0. The third kappa shape index (κ3) is 2.81. The van der Waals surface area contributed by atoms with Gasteiger partial charge in [0.15, 0.2) is 12.4 Å². The average molecular weight is 236 g/mol. The molecule has 0 aliphatic rings. The second-order valence-corrected chi connectivity index (χ2v) is 3.66. The van der Waals surface area contributed by atoms with E-state index < -0.39 is 0 Å². The first-order valence-corrected chi connectivity index (χ1v) is 5.39. The monoisotopic (exact) mass is 236 g/mol. The number of ether oxygens (including phenoxy) is 1. The minimum absolute atomic E-state index is 0.150. The molecule has 1 heterocycles. The Morgan fingerprint density at radius 2 is 2.24 bits per heavy atom. The van der Waals surface area contributed by atoms with Crippen molar-refractivity contribution in [2.45, 2.75) is 26.9 Å². The molecule has 0 unspecified atom stereocenters. The van der Waals surface area contributed by atoms with Crippen molar-refractivity contribution >= 4 is 0 Å². The lowest BCUT2D eigenvalue weighted by atomic mass is 10.2. The minimum Gasteiger partial charge on any atom is -0.483 e. The fourth-order valence-corrected chi connectivity index (χ4v) is 1.36. The van der Waals surface area contributed by atoms with Gasteiger partial charge in [-0.25, -0.2) is 4.39 Å². The van der Waals surface area contributed by atoms with Gasteiger partial charge in [-0.05, 0) is 18.6 Å². The molecule has 0 aliphatic heterocycles. The van der Waals surface area contributed by atoms with Gasteiger partial charge in [-0.15, -0.1) is 0 Å². The molecule has 4 nitrogen and oxygen atoms in total. The molecule has 5 heteroatoms. The highest BCUT2D eigenvalue weighted by Gasteiger charge is 2.07. The summed E-state index contributed by atoms with van der Waals surface area (Å²) in [5.41, 5.74) is 0.863. The van der Waals surface area contributed by atoms with Gasteiger partial charge in [-0.3, -0.25) is 0 Å². The van der Waals surface area contributed by atoms with E-state index in [0.29, 0.717) is 23.9 Å². The Labute approximate surface area is 98.4 Å². The smallest absolute Gasteiger partial charge is 0.264 e. The summed E-state index contributed by atoms with van der Waals surface area (Å²) in [6.07, 6.45) is 0.711. The van der Waals surface area contributed by atoms with E-state index in [1.54, 1.807) is 6.07 Å². The Balaban J connectivity index is 2.04. The van der Waals surface area contributed by atoms with Gasteiger partial charge in [0.1, 0.15) is 11.6 Å². The maximum absolute atomic E-state index is 13.0. The Morgan fingerprint density at radius 1 is 1.41 bits per heavy atom. The van der Waals surface area contributed by atoms with Gasteiger partial charge in [0.25, 0.3) is 5.89 Å². The molecular formula is C12H13FN2O2. The average Bonchev–Trinajstić information content (AvgIpc) is 2.78. The van der Waals surface area contributed by atoms with Crippen LogP contribution in [0.5, 0.6) is 5.75 Å². The van der Waals surface area contributed by atoms with E-state index in [9.17, 15) is 4.39 Å². The number of aryl methyl sites for hydroxylation is 2. The Morgan fingerprint density at radius 3 is 2.94 bits per heavy atom. The number of aromatic nitrogens is 2. The molecule has 0 aliphatic carbocycles. The third-order valence-electron chi connectivity index (χ3n) is 2.33. The number of hydrogen-bond acceptors (Lipinski definition) is 4. The molecule has 2 aromatic rings. The summed E-state index contributed by atoms with van der Waals surface area (Å²) in [4.78, 5) is 4.10. The number of hydrogen-bond donors (Lipinski definition) is 0. The molecule has 90 valence electrons. The molecule has 0 fully saturated rings. The molecule has 0 N–H and O–H groups in total. The standard InChI is InChI=1S/C12H13FN2O2/c1-3-11-14-12(17-15-11)7-16-10-6-9(13)5-4-8(10)2/h4-6H,3,7H2,1-2H3. The van der Waals surface area contributed by atoms with Crippen LogP contribution < -0.4 is 4.74 Å². The Bertz CT molecular complexity index is 511. The minimum atomic E-state index is -0.328. The van der Waals surface area contributed by atoms with Crippen molar-refractivity contribution in [2.75, 3.05) is 0 Å². The van der Waals surface area contributed by atoms with E-state index in [1.165, 1.54) is 12.1 Å². The summed E-state index contributed by atoms with van der Waals surface area (Å²) in [6, 6.07) is 4.40. The third-order valence-corrected chi connectivity index (χ3v) is 2.33. The summed E-state index contributed by atoms with van der Waals surface area (Å²) < 4.78 is 23.4. The Kier molecular flexibility index (Phi) is 3.37.